The van der Waals surface area contributed by atoms with Crippen molar-refractivity contribution in [3.05, 3.63) is 57.0 Å². The first-order valence-electron chi connectivity index (χ1n) is 8.22. The first-order valence-corrected chi connectivity index (χ1v) is 9.03. The van der Waals surface area contributed by atoms with Gasteiger partial charge in [-0.1, -0.05) is 12.1 Å². The number of aromatic nitrogens is 2. The van der Waals surface area contributed by atoms with Crippen LogP contribution in [0.25, 0.3) is 10.2 Å². The molecule has 0 spiro atoms. The molecule has 7 heteroatoms. The highest BCUT2D eigenvalue weighted by Gasteiger charge is 2.21. The van der Waals surface area contributed by atoms with Gasteiger partial charge in [0.15, 0.2) is 5.78 Å². The average molecular weight is 369 g/mol. The number of aryl methyl sites for hydroxylation is 1. The molecule has 3 rings (SSSR count). The summed E-state index contributed by atoms with van der Waals surface area (Å²) in [5, 5.41) is 2.80. The van der Waals surface area contributed by atoms with E-state index in [2.05, 4.69) is 10.3 Å². The summed E-state index contributed by atoms with van der Waals surface area (Å²) in [6.07, 6.45) is 1.48. The average Bonchev–Trinajstić information content (AvgIpc) is 2.92. The van der Waals surface area contributed by atoms with E-state index in [4.69, 9.17) is 0 Å². The molecule has 134 valence electrons. The van der Waals surface area contributed by atoms with Crippen molar-refractivity contribution >= 4 is 38.9 Å². The molecular formula is C19H19N3O3S. The van der Waals surface area contributed by atoms with Crippen molar-refractivity contribution < 1.29 is 9.59 Å². The SMILES string of the molecule is CC(=O)c1cccc(NC(=O)c2c(C)sc3c(=O)n(C(C)C)cnc23)c1. The number of anilines is 1. The Kier molecular flexibility index (Phi) is 4.73. The molecule has 1 amide bonds. The van der Waals surface area contributed by atoms with E-state index in [-0.39, 0.29) is 23.3 Å². The molecule has 0 radical (unpaired) electrons. The van der Waals surface area contributed by atoms with Gasteiger partial charge < -0.3 is 5.32 Å². The zero-order valence-electron chi connectivity index (χ0n) is 15.0. The van der Waals surface area contributed by atoms with Crippen LogP contribution in [-0.2, 0) is 0 Å². The van der Waals surface area contributed by atoms with Crippen LogP contribution < -0.4 is 10.9 Å². The number of nitrogens with zero attached hydrogens (tertiary/aromatic N) is 2. The molecule has 0 bridgehead atoms. The molecule has 1 N–H and O–H groups in total. The maximum absolute atomic E-state index is 12.8. The van der Waals surface area contributed by atoms with E-state index in [0.717, 1.165) is 4.88 Å². The van der Waals surface area contributed by atoms with Crippen molar-refractivity contribution in [3.8, 4) is 0 Å². The second-order valence-electron chi connectivity index (χ2n) is 6.35. The molecule has 0 saturated heterocycles. The molecule has 0 aliphatic rings. The largest absolute Gasteiger partial charge is 0.322 e. The van der Waals surface area contributed by atoms with Crippen LogP contribution >= 0.6 is 11.3 Å². The van der Waals surface area contributed by atoms with E-state index < -0.39 is 0 Å². The second kappa shape index (κ2) is 6.84. The summed E-state index contributed by atoms with van der Waals surface area (Å²) < 4.78 is 2.03. The molecule has 0 atom stereocenters. The van der Waals surface area contributed by atoms with Crippen molar-refractivity contribution in [3.63, 3.8) is 0 Å². The van der Waals surface area contributed by atoms with Crippen LogP contribution in [0.5, 0.6) is 0 Å². The monoisotopic (exact) mass is 369 g/mol. The fourth-order valence-electron chi connectivity index (χ4n) is 2.74. The molecule has 0 aliphatic carbocycles. The van der Waals surface area contributed by atoms with E-state index in [0.29, 0.717) is 27.0 Å². The van der Waals surface area contributed by atoms with E-state index in [9.17, 15) is 14.4 Å². The third-order valence-corrected chi connectivity index (χ3v) is 5.19. The minimum atomic E-state index is -0.344. The summed E-state index contributed by atoms with van der Waals surface area (Å²) in [6, 6.07) is 6.74. The quantitative estimate of drug-likeness (QED) is 0.709. The molecular weight excluding hydrogens is 350 g/mol. The number of hydrogen-bond donors (Lipinski definition) is 1. The van der Waals surface area contributed by atoms with E-state index in [1.807, 2.05) is 13.8 Å². The van der Waals surface area contributed by atoms with Crippen LogP contribution in [0.4, 0.5) is 5.69 Å². The Balaban J connectivity index is 2.03. The van der Waals surface area contributed by atoms with Crippen LogP contribution in [0.2, 0.25) is 0 Å². The maximum Gasteiger partial charge on any atom is 0.271 e. The normalized spacial score (nSPS) is 11.1. The number of benzene rings is 1. The molecule has 26 heavy (non-hydrogen) atoms. The summed E-state index contributed by atoms with van der Waals surface area (Å²) in [7, 11) is 0. The van der Waals surface area contributed by atoms with Gasteiger partial charge in [0.05, 0.1) is 11.9 Å². The van der Waals surface area contributed by atoms with Crippen molar-refractivity contribution in [2.24, 2.45) is 0 Å². The smallest absolute Gasteiger partial charge is 0.271 e. The van der Waals surface area contributed by atoms with Gasteiger partial charge in [-0.2, -0.15) is 0 Å². The molecule has 1 aromatic carbocycles. The van der Waals surface area contributed by atoms with Crippen molar-refractivity contribution in [1.29, 1.82) is 0 Å². The van der Waals surface area contributed by atoms with Crippen molar-refractivity contribution in [1.82, 2.24) is 9.55 Å². The Morgan fingerprint density at radius 2 is 2.00 bits per heavy atom. The second-order valence-corrected chi connectivity index (χ2v) is 7.58. The lowest BCUT2D eigenvalue weighted by atomic mass is 10.1. The van der Waals surface area contributed by atoms with E-state index >= 15 is 0 Å². The van der Waals surface area contributed by atoms with Crippen molar-refractivity contribution in [2.75, 3.05) is 5.32 Å². The Bertz CT molecular complexity index is 1080. The standard InChI is InChI=1S/C19H19N3O3S/c1-10(2)22-9-20-16-15(12(4)26-17(16)19(22)25)18(24)21-14-7-5-6-13(8-14)11(3)23/h5-10H,1-4H3,(H,21,24). The Morgan fingerprint density at radius 1 is 1.27 bits per heavy atom. The number of amides is 1. The lowest BCUT2D eigenvalue weighted by molar-refractivity contribution is 0.101. The number of carbonyl (C=O) groups excluding carboxylic acids is 2. The number of thiophene rings is 1. The lowest BCUT2D eigenvalue weighted by Crippen LogP contribution is -2.22. The Hall–Kier alpha value is -2.80. The number of ketones is 1. The van der Waals surface area contributed by atoms with Crippen LogP contribution in [0.15, 0.2) is 35.4 Å². The summed E-state index contributed by atoms with van der Waals surface area (Å²) in [4.78, 5) is 42.0. The molecule has 3 aromatic rings. The van der Waals surface area contributed by atoms with Gasteiger partial charge in [-0.15, -0.1) is 11.3 Å². The predicted octanol–water partition coefficient (Wildman–Crippen LogP) is 3.80. The molecule has 2 heterocycles. The number of nitrogens with one attached hydrogen (secondary N) is 1. The van der Waals surface area contributed by atoms with Crippen LogP contribution in [0.3, 0.4) is 0 Å². The molecule has 6 nitrogen and oxygen atoms in total. The molecule has 0 aliphatic heterocycles. The minimum absolute atomic E-state index is 0.00611. The van der Waals surface area contributed by atoms with Gasteiger partial charge in [0, 0.05) is 22.2 Å². The minimum Gasteiger partial charge on any atom is -0.322 e. The highest BCUT2D eigenvalue weighted by molar-refractivity contribution is 7.19. The number of fused-ring (bicyclic) bond motifs is 1. The summed E-state index contributed by atoms with van der Waals surface area (Å²) in [5.41, 5.74) is 1.71. The van der Waals surface area contributed by atoms with Gasteiger partial charge in [0.1, 0.15) is 10.2 Å². The summed E-state index contributed by atoms with van der Waals surface area (Å²) in [5.74, 6) is -0.419. The van der Waals surface area contributed by atoms with Gasteiger partial charge in [-0.05, 0) is 39.8 Å². The number of rotatable bonds is 4. The molecule has 0 fully saturated rings. The molecule has 0 unspecified atom stereocenters. The molecule has 2 aromatic heterocycles. The van der Waals surface area contributed by atoms with Crippen LogP contribution in [0.1, 0.15) is 52.4 Å². The van der Waals surface area contributed by atoms with Gasteiger partial charge in [0.2, 0.25) is 0 Å². The zero-order chi connectivity index (χ0) is 19.0. The first kappa shape index (κ1) is 18.0. The fraction of sp³-hybridized carbons (Fsp3) is 0.263. The number of Topliss-reactive ketones (excluding diaryl/α,β-unsaturated/α-hetero) is 1. The van der Waals surface area contributed by atoms with Crippen molar-refractivity contribution in [2.45, 2.75) is 33.7 Å². The highest BCUT2D eigenvalue weighted by atomic mass is 32.1. The Labute approximate surface area is 154 Å². The number of hydrogen-bond acceptors (Lipinski definition) is 5. The highest BCUT2D eigenvalue weighted by Crippen LogP contribution is 2.28. The Morgan fingerprint density at radius 3 is 2.65 bits per heavy atom. The molecule has 0 saturated carbocycles. The topological polar surface area (TPSA) is 81.1 Å². The van der Waals surface area contributed by atoms with Gasteiger partial charge >= 0.3 is 0 Å². The van der Waals surface area contributed by atoms with E-state index in [1.54, 1.807) is 35.8 Å². The van der Waals surface area contributed by atoms with Gasteiger partial charge in [0.25, 0.3) is 11.5 Å². The summed E-state index contributed by atoms with van der Waals surface area (Å²) >= 11 is 1.27. The third-order valence-electron chi connectivity index (χ3n) is 4.11. The third kappa shape index (κ3) is 3.17. The van der Waals surface area contributed by atoms with Gasteiger partial charge in [-0.25, -0.2) is 4.98 Å². The van der Waals surface area contributed by atoms with Gasteiger partial charge in [-0.3, -0.25) is 19.0 Å². The maximum atomic E-state index is 12.8. The van der Waals surface area contributed by atoms with Crippen LogP contribution in [0, 0.1) is 6.92 Å². The van der Waals surface area contributed by atoms with Crippen LogP contribution in [-0.4, -0.2) is 21.2 Å². The summed E-state index contributed by atoms with van der Waals surface area (Å²) in [6.45, 7) is 7.09. The lowest BCUT2D eigenvalue weighted by Gasteiger charge is -2.09. The number of carbonyl (C=O) groups is 2. The zero-order valence-corrected chi connectivity index (χ0v) is 15.8. The van der Waals surface area contributed by atoms with E-state index in [1.165, 1.54) is 24.6 Å². The predicted molar refractivity (Wildman–Crippen MR) is 103 cm³/mol. The first-order chi connectivity index (χ1) is 12.3. The fourth-order valence-corrected chi connectivity index (χ4v) is 3.78.